The largest absolute Gasteiger partial charge is 0.305 e. The second kappa shape index (κ2) is 4.66. The predicted octanol–water partition coefficient (Wildman–Crippen LogP) is 4.66. The topological polar surface area (TPSA) is 17.3 Å². The molecule has 0 amide bonds. The molecule has 2 aromatic heterocycles. The second-order valence-corrected chi connectivity index (χ2v) is 5.63. The Kier molecular flexibility index (Phi) is 3.09. The van der Waals surface area contributed by atoms with Gasteiger partial charge in [0.25, 0.3) is 0 Å². The van der Waals surface area contributed by atoms with Crippen LogP contribution in [0, 0.1) is 25.5 Å². The number of fused-ring (bicyclic) bond motifs is 1. The van der Waals surface area contributed by atoms with Crippen molar-refractivity contribution < 1.29 is 8.78 Å². The third-order valence-electron chi connectivity index (χ3n) is 3.26. The fourth-order valence-electron chi connectivity index (χ4n) is 2.08. The first kappa shape index (κ1) is 13.2. The van der Waals surface area contributed by atoms with Crippen molar-refractivity contribution in [3.8, 4) is 11.3 Å². The van der Waals surface area contributed by atoms with Crippen LogP contribution in [0.3, 0.4) is 0 Å². The Bertz CT molecular complexity index is 785. The van der Waals surface area contributed by atoms with Crippen LogP contribution >= 0.6 is 15.9 Å². The van der Waals surface area contributed by atoms with Crippen molar-refractivity contribution in [3.05, 3.63) is 57.8 Å². The SMILES string of the molecule is Cc1cc(F)c(-c2cn3cc(Br)c(C)cc3n2)cc1F. The smallest absolute Gasteiger partial charge is 0.137 e. The predicted molar refractivity (Wildman–Crippen MR) is 77.7 cm³/mol. The molecule has 20 heavy (non-hydrogen) atoms. The molecule has 2 nitrogen and oxygen atoms in total. The number of aromatic nitrogens is 2. The Labute approximate surface area is 123 Å². The van der Waals surface area contributed by atoms with Gasteiger partial charge in [0.15, 0.2) is 0 Å². The van der Waals surface area contributed by atoms with Gasteiger partial charge in [-0.3, -0.25) is 0 Å². The zero-order chi connectivity index (χ0) is 14.4. The number of benzene rings is 1. The summed E-state index contributed by atoms with van der Waals surface area (Å²) in [5.74, 6) is -0.904. The van der Waals surface area contributed by atoms with E-state index < -0.39 is 11.6 Å². The van der Waals surface area contributed by atoms with Gasteiger partial charge < -0.3 is 4.40 Å². The molecule has 0 atom stereocenters. The van der Waals surface area contributed by atoms with E-state index in [1.807, 2.05) is 19.2 Å². The summed E-state index contributed by atoms with van der Waals surface area (Å²) in [6.07, 6.45) is 3.54. The van der Waals surface area contributed by atoms with Crippen molar-refractivity contribution in [1.29, 1.82) is 0 Å². The first-order valence-electron chi connectivity index (χ1n) is 6.06. The number of nitrogens with zero attached hydrogens (tertiary/aromatic N) is 2. The molecule has 0 saturated carbocycles. The lowest BCUT2D eigenvalue weighted by Gasteiger charge is -2.02. The molecule has 1 aromatic carbocycles. The Morgan fingerprint density at radius 2 is 1.75 bits per heavy atom. The summed E-state index contributed by atoms with van der Waals surface area (Å²) >= 11 is 3.43. The summed E-state index contributed by atoms with van der Waals surface area (Å²) in [7, 11) is 0. The van der Waals surface area contributed by atoms with Crippen molar-refractivity contribution >= 4 is 21.6 Å². The zero-order valence-corrected chi connectivity index (χ0v) is 12.5. The highest BCUT2D eigenvalue weighted by atomic mass is 79.9. The molecule has 3 rings (SSSR count). The van der Waals surface area contributed by atoms with Crippen LogP contribution in [0.25, 0.3) is 16.9 Å². The van der Waals surface area contributed by atoms with E-state index in [-0.39, 0.29) is 11.1 Å². The molecule has 2 heterocycles. The summed E-state index contributed by atoms with van der Waals surface area (Å²) in [4.78, 5) is 4.35. The van der Waals surface area contributed by atoms with Crippen molar-refractivity contribution in [3.63, 3.8) is 0 Å². The normalized spacial score (nSPS) is 11.2. The highest BCUT2D eigenvalue weighted by Crippen LogP contribution is 2.26. The van der Waals surface area contributed by atoms with Crippen LogP contribution in [-0.4, -0.2) is 9.38 Å². The van der Waals surface area contributed by atoms with Crippen LogP contribution in [0.15, 0.2) is 35.1 Å². The molecule has 0 radical (unpaired) electrons. The van der Waals surface area contributed by atoms with Gasteiger partial charge in [-0.1, -0.05) is 0 Å². The summed E-state index contributed by atoms with van der Waals surface area (Å²) in [6, 6.07) is 4.26. The van der Waals surface area contributed by atoms with Gasteiger partial charge in [0.2, 0.25) is 0 Å². The van der Waals surface area contributed by atoms with Crippen molar-refractivity contribution in [2.45, 2.75) is 13.8 Å². The molecular formula is C15H11BrF2N2. The Morgan fingerprint density at radius 3 is 2.50 bits per heavy atom. The van der Waals surface area contributed by atoms with Gasteiger partial charge in [-0.2, -0.15) is 0 Å². The lowest BCUT2D eigenvalue weighted by Crippen LogP contribution is -1.90. The third-order valence-corrected chi connectivity index (χ3v) is 4.09. The first-order chi connectivity index (χ1) is 9.45. The second-order valence-electron chi connectivity index (χ2n) is 4.78. The Morgan fingerprint density at radius 1 is 1.00 bits per heavy atom. The number of pyridine rings is 1. The fourth-order valence-corrected chi connectivity index (χ4v) is 2.41. The van der Waals surface area contributed by atoms with E-state index >= 15 is 0 Å². The molecule has 0 bridgehead atoms. The van der Waals surface area contributed by atoms with Crippen LogP contribution in [-0.2, 0) is 0 Å². The summed E-state index contributed by atoms with van der Waals surface area (Å²) in [5.41, 5.74) is 2.60. The summed E-state index contributed by atoms with van der Waals surface area (Å²) in [5, 5.41) is 0. The molecule has 3 aromatic rings. The molecule has 0 aliphatic rings. The van der Waals surface area contributed by atoms with Gasteiger partial charge in [0, 0.05) is 22.4 Å². The van der Waals surface area contributed by atoms with Gasteiger partial charge in [-0.25, -0.2) is 13.8 Å². The van der Waals surface area contributed by atoms with Crippen LogP contribution in [0.5, 0.6) is 0 Å². The monoisotopic (exact) mass is 336 g/mol. The number of imidazole rings is 1. The van der Waals surface area contributed by atoms with Gasteiger partial charge in [0.1, 0.15) is 17.3 Å². The maximum Gasteiger partial charge on any atom is 0.137 e. The highest BCUT2D eigenvalue weighted by molar-refractivity contribution is 9.10. The molecule has 0 aliphatic carbocycles. The molecule has 0 unspecified atom stereocenters. The van der Waals surface area contributed by atoms with Gasteiger partial charge in [-0.15, -0.1) is 0 Å². The van der Waals surface area contributed by atoms with Crippen LogP contribution in [0.1, 0.15) is 11.1 Å². The molecular weight excluding hydrogens is 326 g/mol. The van der Waals surface area contributed by atoms with E-state index in [9.17, 15) is 8.78 Å². The van der Waals surface area contributed by atoms with E-state index in [1.165, 1.54) is 19.1 Å². The number of rotatable bonds is 1. The summed E-state index contributed by atoms with van der Waals surface area (Å²) < 4.78 is 30.3. The van der Waals surface area contributed by atoms with Gasteiger partial charge >= 0.3 is 0 Å². The van der Waals surface area contributed by atoms with Crippen molar-refractivity contribution in [2.24, 2.45) is 0 Å². The standard InChI is InChI=1S/C15H11BrF2N2/c1-8-4-15-19-14(7-20(15)6-11(8)16)10-5-12(17)9(2)3-13(10)18/h3-7H,1-2H3. The lowest BCUT2D eigenvalue weighted by atomic mass is 10.1. The zero-order valence-electron chi connectivity index (χ0n) is 10.9. The molecule has 5 heteroatoms. The fraction of sp³-hybridized carbons (Fsp3) is 0.133. The third kappa shape index (κ3) is 2.12. The average molecular weight is 337 g/mol. The first-order valence-corrected chi connectivity index (χ1v) is 6.86. The van der Waals surface area contributed by atoms with E-state index in [2.05, 4.69) is 20.9 Å². The van der Waals surface area contributed by atoms with E-state index in [0.29, 0.717) is 11.3 Å². The molecule has 0 N–H and O–H groups in total. The van der Waals surface area contributed by atoms with Gasteiger partial charge in [0.05, 0.1) is 5.69 Å². The molecule has 102 valence electrons. The maximum absolute atomic E-state index is 14.0. The minimum Gasteiger partial charge on any atom is -0.305 e. The maximum atomic E-state index is 14.0. The molecule has 0 saturated heterocycles. The van der Waals surface area contributed by atoms with Crippen molar-refractivity contribution in [1.82, 2.24) is 9.38 Å². The molecule has 0 fully saturated rings. The van der Waals surface area contributed by atoms with Gasteiger partial charge in [-0.05, 0) is 59.1 Å². The molecule has 0 aliphatic heterocycles. The van der Waals surface area contributed by atoms with Crippen LogP contribution in [0.2, 0.25) is 0 Å². The minimum atomic E-state index is -0.469. The van der Waals surface area contributed by atoms with E-state index in [4.69, 9.17) is 0 Å². The minimum absolute atomic E-state index is 0.172. The lowest BCUT2D eigenvalue weighted by molar-refractivity contribution is 0.595. The summed E-state index contributed by atoms with van der Waals surface area (Å²) in [6.45, 7) is 3.48. The number of hydrogen-bond acceptors (Lipinski definition) is 1. The van der Waals surface area contributed by atoms with E-state index in [1.54, 1.807) is 10.6 Å². The Balaban J connectivity index is 2.22. The Hall–Kier alpha value is -1.75. The van der Waals surface area contributed by atoms with Crippen LogP contribution < -0.4 is 0 Å². The average Bonchev–Trinajstić information content (AvgIpc) is 2.77. The molecule has 0 spiro atoms. The number of halogens is 3. The van der Waals surface area contributed by atoms with E-state index in [0.717, 1.165) is 10.0 Å². The number of aryl methyl sites for hydroxylation is 2. The quantitative estimate of drug-likeness (QED) is 0.631. The van der Waals surface area contributed by atoms with Crippen molar-refractivity contribution in [2.75, 3.05) is 0 Å². The highest BCUT2D eigenvalue weighted by Gasteiger charge is 2.13. The van der Waals surface area contributed by atoms with Crippen LogP contribution in [0.4, 0.5) is 8.78 Å². The number of hydrogen-bond donors (Lipinski definition) is 0.